The van der Waals surface area contributed by atoms with Gasteiger partial charge in [-0.2, -0.15) is 0 Å². The fourth-order valence-corrected chi connectivity index (χ4v) is 1.20. The zero-order chi connectivity index (χ0) is 14.1. The number of hydrogen-bond acceptors (Lipinski definition) is 3. The van der Waals surface area contributed by atoms with Crippen LogP contribution < -0.4 is 10.1 Å². The van der Waals surface area contributed by atoms with Crippen LogP contribution in [0.2, 0.25) is 0 Å². The Labute approximate surface area is 113 Å². The van der Waals surface area contributed by atoms with Gasteiger partial charge in [-0.15, -0.1) is 0 Å². The standard InChI is InChI=1S/C15H18N2O2/c1-4-12(2)7-5-6-10-19-13-8-9-17-14(11-13)15(18)16-3/h6,8-9,11H,4,10H2,1-3H3,(H,16,18). The fraction of sp³-hybridized carbons (Fsp3) is 0.333. The zero-order valence-corrected chi connectivity index (χ0v) is 11.5. The summed E-state index contributed by atoms with van der Waals surface area (Å²) in [5.74, 6) is 0.366. The van der Waals surface area contributed by atoms with E-state index in [0.29, 0.717) is 18.1 Å². The third-order valence-electron chi connectivity index (χ3n) is 2.44. The van der Waals surface area contributed by atoms with Crippen molar-refractivity contribution in [2.45, 2.75) is 20.3 Å². The molecule has 1 rings (SSSR count). The topological polar surface area (TPSA) is 51.2 Å². The lowest BCUT2D eigenvalue weighted by molar-refractivity contribution is 0.0957. The lowest BCUT2D eigenvalue weighted by Gasteiger charge is -2.03. The van der Waals surface area contributed by atoms with Crippen molar-refractivity contribution >= 4 is 5.91 Å². The van der Waals surface area contributed by atoms with Gasteiger partial charge in [-0.05, 0) is 25.0 Å². The molecular formula is C15H18N2O2. The van der Waals surface area contributed by atoms with Crippen LogP contribution in [0.4, 0.5) is 0 Å². The van der Waals surface area contributed by atoms with Gasteiger partial charge in [0.2, 0.25) is 0 Å². The van der Waals surface area contributed by atoms with Gasteiger partial charge in [-0.1, -0.05) is 18.4 Å². The molecule has 1 amide bonds. The minimum Gasteiger partial charge on any atom is -0.489 e. The molecule has 0 fully saturated rings. The van der Waals surface area contributed by atoms with E-state index in [1.54, 1.807) is 31.5 Å². The highest BCUT2D eigenvalue weighted by Gasteiger charge is 2.05. The molecule has 0 aliphatic carbocycles. The van der Waals surface area contributed by atoms with Gasteiger partial charge in [-0.3, -0.25) is 9.78 Å². The molecule has 0 spiro atoms. The van der Waals surface area contributed by atoms with Gasteiger partial charge in [0.05, 0.1) is 0 Å². The minimum absolute atomic E-state index is 0.234. The third kappa shape index (κ3) is 5.26. The SMILES string of the molecule is CCC(C)=C=C=CCOc1ccnc(C(=O)NC)c1. The molecule has 1 aromatic heterocycles. The van der Waals surface area contributed by atoms with Gasteiger partial charge in [0.1, 0.15) is 18.1 Å². The van der Waals surface area contributed by atoms with E-state index in [2.05, 4.69) is 28.7 Å². The van der Waals surface area contributed by atoms with Gasteiger partial charge >= 0.3 is 0 Å². The Morgan fingerprint density at radius 3 is 3.05 bits per heavy atom. The molecule has 0 unspecified atom stereocenters. The van der Waals surface area contributed by atoms with Crippen molar-refractivity contribution < 1.29 is 9.53 Å². The van der Waals surface area contributed by atoms with Crippen molar-refractivity contribution in [3.63, 3.8) is 0 Å². The summed E-state index contributed by atoms with van der Waals surface area (Å²) in [4.78, 5) is 15.3. The fourth-order valence-electron chi connectivity index (χ4n) is 1.20. The Hall–Kier alpha value is -2.28. The molecule has 1 aromatic rings. The first-order valence-electron chi connectivity index (χ1n) is 6.14. The maximum absolute atomic E-state index is 11.4. The van der Waals surface area contributed by atoms with Gasteiger partial charge in [0.15, 0.2) is 0 Å². The van der Waals surface area contributed by atoms with E-state index in [9.17, 15) is 4.79 Å². The Morgan fingerprint density at radius 1 is 1.58 bits per heavy atom. The van der Waals surface area contributed by atoms with Crippen LogP contribution >= 0.6 is 0 Å². The molecule has 0 aliphatic heterocycles. The average molecular weight is 258 g/mol. The second-order valence-electron chi connectivity index (χ2n) is 3.87. The quantitative estimate of drug-likeness (QED) is 0.825. The van der Waals surface area contributed by atoms with Crippen molar-refractivity contribution in [2.24, 2.45) is 0 Å². The van der Waals surface area contributed by atoms with E-state index in [0.717, 1.165) is 12.0 Å². The number of amides is 1. The van der Waals surface area contributed by atoms with E-state index >= 15 is 0 Å². The van der Waals surface area contributed by atoms with E-state index < -0.39 is 0 Å². The van der Waals surface area contributed by atoms with Crippen molar-refractivity contribution in [3.05, 3.63) is 47.1 Å². The van der Waals surface area contributed by atoms with Crippen molar-refractivity contribution in [2.75, 3.05) is 13.7 Å². The van der Waals surface area contributed by atoms with Crippen molar-refractivity contribution in [3.8, 4) is 5.75 Å². The van der Waals surface area contributed by atoms with Crippen LogP contribution in [0.25, 0.3) is 0 Å². The van der Waals surface area contributed by atoms with Crippen molar-refractivity contribution in [1.29, 1.82) is 0 Å². The predicted octanol–water partition coefficient (Wildman–Crippen LogP) is 2.49. The molecule has 100 valence electrons. The average Bonchev–Trinajstić information content (AvgIpc) is 2.46. The number of rotatable bonds is 5. The Balaban J connectivity index is 2.64. The Bertz CT molecular complexity index is 537. The number of nitrogens with one attached hydrogen (secondary N) is 1. The van der Waals surface area contributed by atoms with Crippen LogP contribution in [-0.4, -0.2) is 24.5 Å². The van der Waals surface area contributed by atoms with Crippen LogP contribution in [-0.2, 0) is 0 Å². The number of ether oxygens (including phenoxy) is 1. The zero-order valence-electron chi connectivity index (χ0n) is 11.5. The van der Waals surface area contributed by atoms with Crippen molar-refractivity contribution in [1.82, 2.24) is 10.3 Å². The Kier molecular flexibility index (Phi) is 6.17. The minimum atomic E-state index is -0.234. The number of aromatic nitrogens is 1. The largest absolute Gasteiger partial charge is 0.489 e. The first-order chi connectivity index (χ1) is 9.17. The van der Waals surface area contributed by atoms with E-state index in [1.807, 2.05) is 6.92 Å². The van der Waals surface area contributed by atoms with Crippen LogP contribution in [0.5, 0.6) is 5.75 Å². The van der Waals surface area contributed by atoms with Gasteiger partial charge in [0, 0.05) is 25.4 Å². The maximum Gasteiger partial charge on any atom is 0.269 e. The highest BCUT2D eigenvalue weighted by molar-refractivity contribution is 5.92. The summed E-state index contributed by atoms with van der Waals surface area (Å²) in [6.07, 6.45) is 4.25. The molecule has 0 bridgehead atoms. The highest BCUT2D eigenvalue weighted by atomic mass is 16.5. The van der Waals surface area contributed by atoms with E-state index in [1.165, 1.54) is 0 Å². The highest BCUT2D eigenvalue weighted by Crippen LogP contribution is 2.10. The summed E-state index contributed by atoms with van der Waals surface area (Å²) in [5, 5.41) is 2.51. The smallest absolute Gasteiger partial charge is 0.269 e. The molecule has 0 saturated carbocycles. The number of pyridine rings is 1. The summed E-state index contributed by atoms with van der Waals surface area (Å²) >= 11 is 0. The lowest BCUT2D eigenvalue weighted by atomic mass is 10.2. The number of hydrogen-bond donors (Lipinski definition) is 1. The molecule has 19 heavy (non-hydrogen) atoms. The van der Waals surface area contributed by atoms with Crippen LogP contribution in [0.1, 0.15) is 30.8 Å². The first-order valence-corrected chi connectivity index (χ1v) is 6.14. The Morgan fingerprint density at radius 2 is 2.37 bits per heavy atom. The molecule has 1 heterocycles. The molecule has 4 nitrogen and oxygen atoms in total. The molecular weight excluding hydrogens is 240 g/mol. The monoisotopic (exact) mass is 258 g/mol. The number of allylic oxidation sites excluding steroid dienone is 1. The maximum atomic E-state index is 11.4. The molecule has 0 aromatic carbocycles. The van der Waals surface area contributed by atoms with Gasteiger partial charge in [-0.25, -0.2) is 0 Å². The number of carbonyl (C=O) groups excluding carboxylic acids is 1. The second-order valence-corrected chi connectivity index (χ2v) is 3.87. The summed E-state index contributed by atoms with van der Waals surface area (Å²) in [7, 11) is 1.56. The predicted molar refractivity (Wildman–Crippen MR) is 74.2 cm³/mol. The van der Waals surface area contributed by atoms with Crippen LogP contribution in [0.15, 0.2) is 41.4 Å². The summed E-state index contributed by atoms with van der Waals surface area (Å²) < 4.78 is 5.47. The molecule has 0 atom stereocenters. The summed E-state index contributed by atoms with van der Waals surface area (Å²) in [6.45, 7) is 4.44. The second kappa shape index (κ2) is 7.93. The van der Waals surface area contributed by atoms with Gasteiger partial charge in [0.25, 0.3) is 5.91 Å². The first kappa shape index (κ1) is 14.8. The normalized spacial score (nSPS) is 9.00. The summed E-state index contributed by atoms with van der Waals surface area (Å²) in [5.41, 5.74) is 7.41. The van der Waals surface area contributed by atoms with Crippen LogP contribution in [0, 0.1) is 0 Å². The molecule has 1 N–H and O–H groups in total. The summed E-state index contributed by atoms with van der Waals surface area (Å²) in [6, 6.07) is 3.31. The van der Waals surface area contributed by atoms with Gasteiger partial charge < -0.3 is 10.1 Å². The third-order valence-corrected chi connectivity index (χ3v) is 2.44. The molecule has 4 heteroatoms. The lowest BCUT2D eigenvalue weighted by Crippen LogP contribution is -2.19. The molecule has 0 radical (unpaired) electrons. The number of carbonyl (C=O) groups is 1. The number of nitrogens with zero attached hydrogens (tertiary/aromatic N) is 1. The van der Waals surface area contributed by atoms with Crippen LogP contribution in [0.3, 0.4) is 0 Å². The van der Waals surface area contributed by atoms with E-state index in [4.69, 9.17) is 4.74 Å². The molecule has 0 aliphatic rings. The van der Waals surface area contributed by atoms with E-state index in [-0.39, 0.29) is 5.91 Å². The molecule has 0 saturated heterocycles.